The molecule has 3 rings (SSSR count). The third kappa shape index (κ3) is 7.63. The molecule has 2 aromatic rings. The molecule has 2 N–H and O–H groups in total. The third-order valence-corrected chi connectivity index (χ3v) is 7.81. The van der Waals surface area contributed by atoms with Crippen LogP contribution in [0, 0.1) is 0 Å². The van der Waals surface area contributed by atoms with Gasteiger partial charge in [-0.2, -0.15) is 0 Å². The molecule has 9 heteroatoms. The van der Waals surface area contributed by atoms with Crippen molar-refractivity contribution < 1.29 is 29.0 Å². The number of hydrogen-bond acceptors (Lipinski definition) is 8. The van der Waals surface area contributed by atoms with Crippen molar-refractivity contribution in [1.29, 1.82) is 0 Å². The molecule has 1 amide bonds. The monoisotopic (exact) mass is 543 g/mol. The van der Waals surface area contributed by atoms with Gasteiger partial charge in [0.05, 0.1) is 0 Å². The Labute approximate surface area is 226 Å². The Morgan fingerprint density at radius 1 is 0.973 bits per heavy atom. The molecule has 7 nitrogen and oxygen atoms in total. The van der Waals surface area contributed by atoms with Gasteiger partial charge in [0, 0.05) is 27.0 Å². The minimum atomic E-state index is -2.05. The van der Waals surface area contributed by atoms with E-state index >= 15 is 0 Å². The summed E-state index contributed by atoms with van der Waals surface area (Å²) < 4.78 is 10.8. The fourth-order valence-electron chi connectivity index (χ4n) is 4.08. The Hall–Kier alpha value is -2.75. The molecule has 198 valence electrons. The predicted octanol–water partition coefficient (Wildman–Crippen LogP) is 5.36. The molecule has 37 heavy (non-hydrogen) atoms. The van der Waals surface area contributed by atoms with E-state index in [1.165, 1.54) is 0 Å². The first-order valence-corrected chi connectivity index (χ1v) is 14.5. The fourth-order valence-corrected chi connectivity index (χ4v) is 4.90. The van der Waals surface area contributed by atoms with Crippen molar-refractivity contribution in [2.24, 2.45) is 0 Å². The molecule has 1 fully saturated rings. The lowest BCUT2D eigenvalue weighted by molar-refractivity contribution is -0.145. The number of rotatable bonds is 10. The number of thioether (sulfide) groups is 2. The van der Waals surface area contributed by atoms with Crippen LogP contribution in [0.2, 0.25) is 0 Å². The Morgan fingerprint density at radius 3 is 2.03 bits per heavy atom. The lowest BCUT2D eigenvalue weighted by Crippen LogP contribution is -2.44. The van der Waals surface area contributed by atoms with Crippen LogP contribution < -0.4 is 5.32 Å². The van der Waals surface area contributed by atoms with Gasteiger partial charge in [0.2, 0.25) is 5.78 Å². The van der Waals surface area contributed by atoms with Crippen LogP contribution in [0.5, 0.6) is 0 Å². The maximum atomic E-state index is 13.5. The summed E-state index contributed by atoms with van der Waals surface area (Å²) in [6, 6.07) is 13.8. The molecule has 0 bridgehead atoms. The van der Waals surface area contributed by atoms with E-state index in [2.05, 4.69) is 11.9 Å². The van der Waals surface area contributed by atoms with E-state index in [0.29, 0.717) is 42.4 Å². The largest absolute Gasteiger partial charge is 0.459 e. The number of alkyl carbamates (subject to hydrolysis) is 1. The highest BCUT2D eigenvalue weighted by atomic mass is 32.2. The van der Waals surface area contributed by atoms with Crippen LogP contribution in [0.15, 0.2) is 70.5 Å². The van der Waals surface area contributed by atoms with Crippen LogP contribution in [0.1, 0.15) is 48.5 Å². The minimum Gasteiger partial charge on any atom is -0.459 e. The maximum absolute atomic E-state index is 13.5. The second kappa shape index (κ2) is 13.2. The van der Waals surface area contributed by atoms with E-state index in [1.54, 1.807) is 54.7 Å². The third-order valence-electron chi connectivity index (χ3n) is 6.33. The maximum Gasteiger partial charge on any atom is 0.407 e. The Bertz CT molecular complexity index is 1110. The highest BCUT2D eigenvalue weighted by Crippen LogP contribution is 2.30. The molecular weight excluding hydrogens is 510 g/mol. The van der Waals surface area contributed by atoms with Crippen molar-refractivity contribution in [3.8, 4) is 0 Å². The molecule has 0 radical (unpaired) electrons. The van der Waals surface area contributed by atoms with E-state index < -0.39 is 30.1 Å². The molecule has 2 aromatic carbocycles. The summed E-state index contributed by atoms with van der Waals surface area (Å²) >= 11 is 3.09. The highest BCUT2D eigenvalue weighted by Gasteiger charge is 2.40. The van der Waals surface area contributed by atoms with Crippen molar-refractivity contribution in [2.45, 2.75) is 60.1 Å². The molecular formula is C28H33NO6S2. The molecule has 0 heterocycles. The van der Waals surface area contributed by atoms with Gasteiger partial charge in [0.1, 0.15) is 12.7 Å². The number of ketones is 1. The first-order chi connectivity index (χ1) is 17.7. The summed E-state index contributed by atoms with van der Waals surface area (Å²) in [5.74, 6) is -0.960. The summed E-state index contributed by atoms with van der Waals surface area (Å²) in [7, 11) is 0. The zero-order valence-corrected chi connectivity index (χ0v) is 23.0. The molecule has 1 unspecified atom stereocenters. The van der Waals surface area contributed by atoms with Crippen LogP contribution in [0.3, 0.4) is 0 Å². The number of esters is 1. The molecule has 0 aromatic heterocycles. The van der Waals surface area contributed by atoms with Gasteiger partial charge in [0.25, 0.3) is 0 Å². The molecule has 1 saturated carbocycles. The first kappa shape index (κ1) is 28.8. The molecule has 1 aliphatic carbocycles. The summed E-state index contributed by atoms with van der Waals surface area (Å²) in [5, 5.41) is 14.4. The zero-order valence-electron chi connectivity index (χ0n) is 21.3. The highest BCUT2D eigenvalue weighted by molar-refractivity contribution is 7.98. The van der Waals surface area contributed by atoms with Gasteiger partial charge in [-0.1, -0.05) is 30.8 Å². The van der Waals surface area contributed by atoms with Crippen LogP contribution in [-0.2, 0) is 19.9 Å². The number of benzene rings is 2. The SMILES string of the molecule is C=C(C)C(=O)OC1CCC(NC(=O)OCC(O)(C(=O)c2ccc(SC)cc2)c2ccc(SC)cc2)CC1. The second-order valence-corrected chi connectivity index (χ2v) is 10.8. The van der Waals surface area contributed by atoms with Crippen molar-refractivity contribution >= 4 is 41.4 Å². The first-order valence-electron chi connectivity index (χ1n) is 12.0. The summed E-state index contributed by atoms with van der Waals surface area (Å²) in [6.07, 6.45) is 5.41. The van der Waals surface area contributed by atoms with E-state index in [9.17, 15) is 19.5 Å². The standard InChI is InChI=1S/C28H33NO6S2/c1-18(2)26(31)35-22-11-9-21(10-12-22)29-27(32)34-17-28(33,20-7-15-24(37-4)16-8-20)25(30)19-5-13-23(36-3)14-6-19/h5-8,13-16,21-22,33H,1,9-12,17H2,2-4H3,(H,29,32). The number of ether oxygens (including phenoxy) is 2. The summed E-state index contributed by atoms with van der Waals surface area (Å²) in [4.78, 5) is 39.8. The number of carbonyl (C=O) groups is 3. The van der Waals surface area contributed by atoms with Crippen LogP contribution in [0.4, 0.5) is 4.79 Å². The van der Waals surface area contributed by atoms with Gasteiger partial charge in [-0.05, 0) is 74.9 Å². The van der Waals surface area contributed by atoms with Crippen molar-refractivity contribution in [3.63, 3.8) is 0 Å². The molecule has 0 spiro atoms. The van der Waals surface area contributed by atoms with Crippen molar-refractivity contribution in [1.82, 2.24) is 5.32 Å². The molecule has 0 saturated heterocycles. The quantitative estimate of drug-likeness (QED) is 0.179. The second-order valence-electron chi connectivity index (χ2n) is 9.03. The number of aliphatic hydroxyl groups is 1. The average Bonchev–Trinajstić information content (AvgIpc) is 2.92. The van der Waals surface area contributed by atoms with Crippen LogP contribution in [-0.4, -0.2) is 54.2 Å². The summed E-state index contributed by atoms with van der Waals surface area (Å²) in [6.45, 7) is 4.66. The van der Waals surface area contributed by atoms with Gasteiger partial charge in [-0.15, -0.1) is 23.5 Å². The number of amides is 1. The lowest BCUT2D eigenvalue weighted by atomic mass is 9.86. The van der Waals surface area contributed by atoms with Gasteiger partial charge in [0.15, 0.2) is 5.60 Å². The molecule has 1 atom stereocenters. The van der Waals surface area contributed by atoms with Crippen molar-refractivity contribution in [2.75, 3.05) is 19.1 Å². The fraction of sp³-hybridized carbons (Fsp3) is 0.393. The average molecular weight is 544 g/mol. The van der Waals surface area contributed by atoms with Gasteiger partial charge in [-0.3, -0.25) is 4.79 Å². The number of hydrogen-bond donors (Lipinski definition) is 2. The van der Waals surface area contributed by atoms with Gasteiger partial charge < -0.3 is 19.9 Å². The van der Waals surface area contributed by atoms with E-state index in [0.717, 1.165) is 9.79 Å². The summed E-state index contributed by atoms with van der Waals surface area (Å²) in [5.41, 5.74) is -1.03. The van der Waals surface area contributed by atoms with Gasteiger partial charge in [-0.25, -0.2) is 9.59 Å². The zero-order chi connectivity index (χ0) is 27.0. The molecule has 1 aliphatic rings. The smallest absolute Gasteiger partial charge is 0.407 e. The number of nitrogens with one attached hydrogen (secondary N) is 1. The normalized spacial score (nSPS) is 18.8. The lowest BCUT2D eigenvalue weighted by Gasteiger charge is -2.30. The van der Waals surface area contributed by atoms with Crippen molar-refractivity contribution in [3.05, 3.63) is 71.8 Å². The predicted molar refractivity (Wildman–Crippen MR) is 146 cm³/mol. The van der Waals surface area contributed by atoms with E-state index in [4.69, 9.17) is 9.47 Å². The van der Waals surface area contributed by atoms with E-state index in [1.807, 2.05) is 36.8 Å². The number of Topliss-reactive ketones (excluding diaryl/α,β-unsaturated/α-hetero) is 1. The minimum absolute atomic E-state index is 0.156. The number of carbonyl (C=O) groups excluding carboxylic acids is 3. The molecule has 0 aliphatic heterocycles. The Kier molecular flexibility index (Phi) is 10.3. The Balaban J connectivity index is 1.66. The van der Waals surface area contributed by atoms with E-state index in [-0.39, 0.29) is 12.1 Å². The van der Waals surface area contributed by atoms with Gasteiger partial charge >= 0.3 is 12.1 Å². The van der Waals surface area contributed by atoms with Crippen LogP contribution in [0.25, 0.3) is 0 Å². The topological polar surface area (TPSA) is 102 Å². The Morgan fingerprint density at radius 2 is 1.51 bits per heavy atom. The van der Waals surface area contributed by atoms with Crippen LogP contribution >= 0.6 is 23.5 Å².